The zero-order valence-corrected chi connectivity index (χ0v) is 41.1. The second-order valence-corrected chi connectivity index (χ2v) is 17.6. The third kappa shape index (κ3) is 20.6. The molecule has 1 heterocycles. The molecule has 0 bridgehead atoms. The molecule has 71 heavy (non-hydrogen) atoms. The van der Waals surface area contributed by atoms with E-state index in [1.54, 1.807) is 85.9 Å². The van der Waals surface area contributed by atoms with E-state index in [1.165, 1.54) is 19.3 Å². The van der Waals surface area contributed by atoms with Gasteiger partial charge in [-0.05, 0) is 148 Å². The Bertz CT molecular complexity index is 2350. The van der Waals surface area contributed by atoms with Gasteiger partial charge in [0, 0.05) is 24.0 Å². The van der Waals surface area contributed by atoms with Crippen LogP contribution in [0, 0.1) is 30.6 Å². The lowest BCUT2D eigenvalue weighted by Crippen LogP contribution is -2.34. The summed E-state index contributed by atoms with van der Waals surface area (Å²) in [4.78, 5) is 52.8. The second-order valence-electron chi connectivity index (χ2n) is 17.6. The van der Waals surface area contributed by atoms with Crippen molar-refractivity contribution < 1.29 is 61.1 Å². The molecule has 0 amide bonds. The molecule has 14 heteroatoms. The Balaban J connectivity index is 0.897. The number of carbonyl (C=O) groups excluding carboxylic acids is 4. The number of aromatic nitrogens is 1. The fourth-order valence-electron chi connectivity index (χ4n) is 8.01. The molecule has 1 aromatic heterocycles. The van der Waals surface area contributed by atoms with Crippen LogP contribution in [0.3, 0.4) is 0 Å². The topological polar surface area (TPSA) is 146 Å². The summed E-state index contributed by atoms with van der Waals surface area (Å²) in [7, 11) is 0. The average Bonchev–Trinajstić information content (AvgIpc) is 3.37. The Hall–Kier alpha value is -6.75. The first kappa shape index (κ1) is 55.2. The summed E-state index contributed by atoms with van der Waals surface area (Å²) >= 11 is 0. The second kappa shape index (κ2) is 30.1. The summed E-state index contributed by atoms with van der Waals surface area (Å²) in [6.07, 6.45) is 13.4. The van der Waals surface area contributed by atoms with Gasteiger partial charge < -0.3 is 33.2 Å². The maximum absolute atomic E-state index is 15.2. The number of halogens is 2. The van der Waals surface area contributed by atoms with E-state index < -0.39 is 35.7 Å². The number of nitrogens with zero attached hydrogens (tertiary/aromatic N) is 1. The van der Waals surface area contributed by atoms with Gasteiger partial charge in [-0.15, -0.1) is 0 Å². The van der Waals surface area contributed by atoms with Crippen molar-refractivity contribution >= 4 is 23.9 Å². The first-order valence-electron chi connectivity index (χ1n) is 24.8. The van der Waals surface area contributed by atoms with E-state index in [0.29, 0.717) is 82.9 Å². The van der Waals surface area contributed by atoms with Crippen molar-refractivity contribution in [2.75, 3.05) is 39.6 Å². The molecule has 0 atom stereocenters. The van der Waals surface area contributed by atoms with E-state index >= 15 is 8.78 Å². The Morgan fingerprint density at radius 1 is 0.690 bits per heavy atom. The third-order valence-corrected chi connectivity index (χ3v) is 12.0. The molecule has 3 aromatic carbocycles. The molecular weight excluding hydrogens is 913 g/mol. The van der Waals surface area contributed by atoms with E-state index in [4.69, 9.17) is 33.2 Å². The minimum Gasteiger partial charge on any atom is -0.492 e. The number of ether oxygens (including phenoxy) is 7. The van der Waals surface area contributed by atoms with Gasteiger partial charge in [-0.3, -0.25) is 9.59 Å². The standard InChI is InChI=1S/C57H67F2NO11/c1-4-6-9-12-43-13-21-47(22-14-43)57(58,59)40-45-18-25-49(26-19-45)66-35-37-69-54(62)31-32-55(63)70-38-36-67-52-30-20-46(39-42(52)3)56(64)71-50-27-16-44(17-28-50)15-23-48-24-29-51(41-60-48)65-33-10-7-8-11-34-68-53(61)5-2/h5,16-20,24-30,39,41,43,47H,2,4,6-14,21-22,31-38,40H2,1,3H3. The van der Waals surface area contributed by atoms with E-state index in [2.05, 4.69) is 30.3 Å². The highest BCUT2D eigenvalue weighted by Crippen LogP contribution is 2.42. The van der Waals surface area contributed by atoms with Gasteiger partial charge in [0.05, 0.1) is 37.8 Å². The molecule has 0 unspecified atom stereocenters. The molecule has 1 aliphatic rings. The zero-order chi connectivity index (χ0) is 50.7. The molecule has 0 N–H and O–H groups in total. The van der Waals surface area contributed by atoms with Crippen LogP contribution >= 0.6 is 0 Å². The van der Waals surface area contributed by atoms with Gasteiger partial charge in [0.2, 0.25) is 0 Å². The zero-order valence-electron chi connectivity index (χ0n) is 41.1. The van der Waals surface area contributed by atoms with Crippen molar-refractivity contribution in [3.63, 3.8) is 0 Å². The van der Waals surface area contributed by atoms with Crippen molar-refractivity contribution in [1.29, 1.82) is 0 Å². The maximum atomic E-state index is 15.2. The van der Waals surface area contributed by atoms with Crippen molar-refractivity contribution in [3.05, 3.63) is 126 Å². The minimum absolute atomic E-state index is 0.0425. The fraction of sp³-hybridized carbons (Fsp3) is 0.456. The molecule has 380 valence electrons. The molecule has 12 nitrogen and oxygen atoms in total. The highest BCUT2D eigenvalue weighted by atomic mass is 19.3. The molecule has 4 aromatic rings. The quantitative estimate of drug-likeness (QED) is 0.0127. The monoisotopic (exact) mass is 979 g/mol. The van der Waals surface area contributed by atoms with Gasteiger partial charge in [0.1, 0.15) is 55.1 Å². The maximum Gasteiger partial charge on any atom is 0.343 e. The van der Waals surface area contributed by atoms with Gasteiger partial charge in [0.15, 0.2) is 0 Å². The number of unbranched alkanes of at least 4 members (excludes halogenated alkanes) is 5. The minimum atomic E-state index is -2.75. The van der Waals surface area contributed by atoms with E-state index in [-0.39, 0.29) is 45.7 Å². The normalized spacial score (nSPS) is 14.3. The summed E-state index contributed by atoms with van der Waals surface area (Å²) in [5.74, 6) is 3.16. The van der Waals surface area contributed by atoms with E-state index in [0.717, 1.165) is 51.0 Å². The predicted molar refractivity (Wildman–Crippen MR) is 265 cm³/mol. The van der Waals surface area contributed by atoms with Crippen LogP contribution in [0.15, 0.2) is 97.7 Å². The molecule has 0 aliphatic heterocycles. The molecular formula is C57H67F2NO11. The number of esters is 4. The first-order chi connectivity index (χ1) is 34.4. The Morgan fingerprint density at radius 3 is 1.99 bits per heavy atom. The Kier molecular flexibility index (Phi) is 23.4. The SMILES string of the molecule is C=CC(=O)OCCCCCCOc1ccc(C#Cc2ccc(OC(=O)c3ccc(OCCOC(=O)CCC(=O)OCCOc4ccc(CC(F)(F)C5CCC(CCCCC)CC5)cc4)c(C)c3)cc2)nc1. The van der Waals surface area contributed by atoms with Crippen molar-refractivity contribution in [1.82, 2.24) is 4.98 Å². The van der Waals surface area contributed by atoms with Crippen LogP contribution in [0.4, 0.5) is 8.78 Å². The predicted octanol–water partition coefficient (Wildman–Crippen LogP) is 11.6. The summed E-state index contributed by atoms with van der Waals surface area (Å²) in [5.41, 5.74) is 2.83. The lowest BCUT2D eigenvalue weighted by molar-refractivity contribution is -0.151. The van der Waals surface area contributed by atoms with Crippen LogP contribution in [0.25, 0.3) is 0 Å². The van der Waals surface area contributed by atoms with Gasteiger partial charge >= 0.3 is 23.9 Å². The number of pyridine rings is 1. The first-order valence-corrected chi connectivity index (χ1v) is 24.8. The summed E-state index contributed by atoms with van der Waals surface area (Å²) in [5, 5.41) is 0. The van der Waals surface area contributed by atoms with Crippen LogP contribution in [-0.2, 0) is 35.0 Å². The number of alkyl halides is 2. The van der Waals surface area contributed by atoms with Crippen molar-refractivity contribution in [2.45, 2.75) is 116 Å². The van der Waals surface area contributed by atoms with Gasteiger partial charge in [0.25, 0.3) is 5.92 Å². The third-order valence-electron chi connectivity index (χ3n) is 12.0. The summed E-state index contributed by atoms with van der Waals surface area (Å²) in [6.45, 7) is 8.29. The highest BCUT2D eigenvalue weighted by Gasteiger charge is 2.41. The van der Waals surface area contributed by atoms with Crippen LogP contribution in [0.5, 0.6) is 23.0 Å². The lowest BCUT2D eigenvalue weighted by Gasteiger charge is -2.34. The molecule has 0 saturated heterocycles. The Morgan fingerprint density at radius 2 is 1.34 bits per heavy atom. The van der Waals surface area contributed by atoms with Crippen molar-refractivity contribution in [3.8, 4) is 34.8 Å². The van der Waals surface area contributed by atoms with Gasteiger partial charge in [-0.25, -0.2) is 23.4 Å². The fourth-order valence-corrected chi connectivity index (χ4v) is 8.01. The van der Waals surface area contributed by atoms with E-state index in [9.17, 15) is 19.2 Å². The lowest BCUT2D eigenvalue weighted by atomic mass is 9.76. The number of hydrogen-bond acceptors (Lipinski definition) is 12. The average molecular weight is 980 g/mol. The van der Waals surface area contributed by atoms with Crippen LogP contribution in [0.2, 0.25) is 0 Å². The molecule has 0 radical (unpaired) electrons. The Labute approximate surface area is 416 Å². The molecule has 1 saturated carbocycles. The largest absolute Gasteiger partial charge is 0.492 e. The molecule has 1 fully saturated rings. The number of rotatable bonds is 29. The van der Waals surface area contributed by atoms with Gasteiger partial charge in [-0.1, -0.05) is 57.2 Å². The number of carbonyl (C=O) groups is 4. The highest BCUT2D eigenvalue weighted by molar-refractivity contribution is 5.91. The van der Waals surface area contributed by atoms with Gasteiger partial charge in [-0.2, -0.15) is 0 Å². The number of hydrogen-bond donors (Lipinski definition) is 0. The van der Waals surface area contributed by atoms with Crippen LogP contribution in [-0.4, -0.2) is 74.4 Å². The molecule has 0 spiro atoms. The number of aryl methyl sites for hydroxylation is 1. The smallest absolute Gasteiger partial charge is 0.343 e. The van der Waals surface area contributed by atoms with E-state index in [1.807, 2.05) is 6.07 Å². The molecule has 1 aliphatic carbocycles. The van der Waals surface area contributed by atoms with Crippen molar-refractivity contribution in [2.24, 2.45) is 11.8 Å². The molecule has 5 rings (SSSR count). The van der Waals surface area contributed by atoms with Crippen LogP contribution < -0.4 is 18.9 Å². The summed E-state index contributed by atoms with van der Waals surface area (Å²) < 4.78 is 68.3. The van der Waals surface area contributed by atoms with Crippen LogP contribution in [0.1, 0.15) is 130 Å². The number of benzene rings is 3. The summed E-state index contributed by atoms with van der Waals surface area (Å²) in [6, 6.07) is 21.8.